The molecule has 3 rings (SSSR count). The summed E-state index contributed by atoms with van der Waals surface area (Å²) in [5.74, 6) is 0.445. The molecule has 110 valence electrons. The maximum absolute atomic E-state index is 10.7. The van der Waals surface area contributed by atoms with Crippen LogP contribution in [-0.2, 0) is 25.5 Å². The molecule has 0 aromatic carbocycles. The normalized spacial score (nSPS) is 32.4. The van der Waals surface area contributed by atoms with Gasteiger partial charge in [-0.05, 0) is 12.1 Å². The van der Waals surface area contributed by atoms with E-state index in [0.29, 0.717) is 13.2 Å². The molecule has 1 amide bonds. The first-order valence-corrected chi connectivity index (χ1v) is 6.73. The van der Waals surface area contributed by atoms with Crippen molar-refractivity contribution < 1.29 is 28.7 Å². The molecule has 2 aliphatic heterocycles. The van der Waals surface area contributed by atoms with Crippen molar-refractivity contribution in [2.75, 3.05) is 19.8 Å². The highest BCUT2D eigenvalue weighted by molar-refractivity contribution is 5.75. The molecular weight excluding hydrogens is 264 g/mol. The van der Waals surface area contributed by atoms with Crippen LogP contribution in [0.3, 0.4) is 0 Å². The SMILES string of the molecule is NC(=O)CO[C@@H]1CO[C@H]2[C@@H]1OC[C@@H]2[NH2+]Cc1ccco1. The van der Waals surface area contributed by atoms with Crippen LogP contribution in [0.4, 0.5) is 0 Å². The Hall–Kier alpha value is -1.41. The average Bonchev–Trinajstić information content (AvgIpc) is 3.12. The van der Waals surface area contributed by atoms with Crippen LogP contribution in [0.1, 0.15) is 5.76 Å². The van der Waals surface area contributed by atoms with Gasteiger partial charge < -0.3 is 29.7 Å². The zero-order valence-electron chi connectivity index (χ0n) is 11.1. The number of amides is 1. The number of hydrogen-bond donors (Lipinski definition) is 2. The number of nitrogens with two attached hydrogens (primary N) is 2. The molecule has 2 saturated heterocycles. The summed E-state index contributed by atoms with van der Waals surface area (Å²) >= 11 is 0. The van der Waals surface area contributed by atoms with E-state index in [1.54, 1.807) is 6.26 Å². The number of quaternary nitrogens is 1. The van der Waals surface area contributed by atoms with E-state index in [1.807, 2.05) is 12.1 Å². The van der Waals surface area contributed by atoms with E-state index in [2.05, 4.69) is 5.32 Å². The van der Waals surface area contributed by atoms with Crippen LogP contribution in [0, 0.1) is 0 Å². The van der Waals surface area contributed by atoms with Crippen LogP contribution in [0.2, 0.25) is 0 Å². The largest absolute Gasteiger partial charge is 0.463 e. The van der Waals surface area contributed by atoms with Crippen molar-refractivity contribution >= 4 is 5.91 Å². The minimum absolute atomic E-state index is 0.0113. The molecule has 0 bridgehead atoms. The number of primary amides is 1. The molecule has 1 aromatic rings. The second-order valence-electron chi connectivity index (χ2n) is 5.09. The van der Waals surface area contributed by atoms with Gasteiger partial charge in [0.15, 0.2) is 5.76 Å². The fourth-order valence-corrected chi connectivity index (χ4v) is 2.72. The van der Waals surface area contributed by atoms with Crippen molar-refractivity contribution in [3.05, 3.63) is 24.2 Å². The van der Waals surface area contributed by atoms with Crippen LogP contribution in [0.5, 0.6) is 0 Å². The van der Waals surface area contributed by atoms with Crippen LogP contribution in [0.15, 0.2) is 22.8 Å². The first-order valence-electron chi connectivity index (χ1n) is 6.73. The number of hydrogen-bond acceptors (Lipinski definition) is 5. The standard InChI is InChI=1S/C13H18N2O5/c14-11(16)7-18-10-6-20-12-9(5-19-13(10)12)15-4-8-2-1-3-17-8/h1-3,9-10,12-13,15H,4-7H2,(H2,14,16)/p+1/t9-,10+,12+,13+/m0/s1. The monoisotopic (exact) mass is 283 g/mol. The summed E-state index contributed by atoms with van der Waals surface area (Å²) in [7, 11) is 0. The van der Waals surface area contributed by atoms with E-state index in [-0.39, 0.29) is 31.0 Å². The Balaban J connectivity index is 1.50. The lowest BCUT2D eigenvalue weighted by Gasteiger charge is -2.15. The summed E-state index contributed by atoms with van der Waals surface area (Å²) in [6.07, 6.45) is 1.32. The Bertz CT molecular complexity index is 450. The zero-order chi connectivity index (χ0) is 13.9. The lowest BCUT2D eigenvalue weighted by atomic mass is 10.1. The van der Waals surface area contributed by atoms with Crippen LogP contribution in [0.25, 0.3) is 0 Å². The topological polar surface area (TPSA) is 101 Å². The highest BCUT2D eigenvalue weighted by Crippen LogP contribution is 2.27. The molecule has 4 N–H and O–H groups in total. The molecule has 1 aromatic heterocycles. The molecule has 3 heterocycles. The van der Waals surface area contributed by atoms with Crippen molar-refractivity contribution in [1.82, 2.24) is 0 Å². The minimum Gasteiger partial charge on any atom is -0.463 e. The van der Waals surface area contributed by atoms with E-state index >= 15 is 0 Å². The molecule has 0 radical (unpaired) electrons. The van der Waals surface area contributed by atoms with Gasteiger partial charge in [0.2, 0.25) is 5.91 Å². The van der Waals surface area contributed by atoms with Gasteiger partial charge >= 0.3 is 0 Å². The molecule has 4 atom stereocenters. The van der Waals surface area contributed by atoms with Gasteiger partial charge in [-0.25, -0.2) is 0 Å². The van der Waals surface area contributed by atoms with Gasteiger partial charge in [-0.15, -0.1) is 0 Å². The quantitative estimate of drug-likeness (QED) is 0.653. The Labute approximate surface area is 116 Å². The Morgan fingerprint density at radius 3 is 3.00 bits per heavy atom. The van der Waals surface area contributed by atoms with Crippen molar-refractivity contribution in [1.29, 1.82) is 0 Å². The highest BCUT2D eigenvalue weighted by atomic mass is 16.6. The number of rotatable bonds is 6. The van der Waals surface area contributed by atoms with E-state index in [1.165, 1.54) is 0 Å². The first-order chi connectivity index (χ1) is 9.74. The summed E-state index contributed by atoms with van der Waals surface area (Å²) in [5, 5.41) is 2.15. The number of furan rings is 1. The molecule has 7 heteroatoms. The first kappa shape index (κ1) is 13.6. The molecule has 7 nitrogen and oxygen atoms in total. The Morgan fingerprint density at radius 1 is 1.40 bits per heavy atom. The van der Waals surface area contributed by atoms with E-state index in [0.717, 1.165) is 12.3 Å². The fourth-order valence-electron chi connectivity index (χ4n) is 2.72. The van der Waals surface area contributed by atoms with Gasteiger partial charge in [-0.1, -0.05) is 0 Å². The summed E-state index contributed by atoms with van der Waals surface area (Å²) in [4.78, 5) is 10.7. The van der Waals surface area contributed by atoms with Crippen molar-refractivity contribution in [3.63, 3.8) is 0 Å². The number of carbonyl (C=O) groups is 1. The van der Waals surface area contributed by atoms with E-state index < -0.39 is 5.91 Å². The smallest absolute Gasteiger partial charge is 0.243 e. The third-order valence-corrected chi connectivity index (χ3v) is 3.69. The second-order valence-corrected chi connectivity index (χ2v) is 5.09. The van der Waals surface area contributed by atoms with Crippen LogP contribution >= 0.6 is 0 Å². The van der Waals surface area contributed by atoms with Gasteiger partial charge in [0, 0.05) is 0 Å². The van der Waals surface area contributed by atoms with Gasteiger partial charge in [0.25, 0.3) is 0 Å². The Morgan fingerprint density at radius 2 is 2.25 bits per heavy atom. The minimum atomic E-state index is -0.479. The highest BCUT2D eigenvalue weighted by Gasteiger charge is 2.50. The van der Waals surface area contributed by atoms with Gasteiger partial charge in [-0.2, -0.15) is 0 Å². The van der Waals surface area contributed by atoms with Crippen molar-refractivity contribution in [3.8, 4) is 0 Å². The van der Waals surface area contributed by atoms with Gasteiger partial charge in [-0.3, -0.25) is 4.79 Å². The van der Waals surface area contributed by atoms with E-state index in [4.69, 9.17) is 24.4 Å². The second kappa shape index (κ2) is 5.92. The summed E-state index contributed by atoms with van der Waals surface area (Å²) in [6.45, 7) is 1.70. The lowest BCUT2D eigenvalue weighted by molar-refractivity contribution is -0.709. The number of carbonyl (C=O) groups excluding carboxylic acids is 1. The molecule has 20 heavy (non-hydrogen) atoms. The molecule has 0 saturated carbocycles. The molecular formula is C13H19N2O5+. The summed E-state index contributed by atoms with van der Waals surface area (Å²) in [6, 6.07) is 4.03. The molecule has 2 aliphatic rings. The summed E-state index contributed by atoms with van der Waals surface area (Å²) < 4.78 is 22.2. The van der Waals surface area contributed by atoms with Gasteiger partial charge in [0.05, 0.1) is 12.9 Å². The maximum atomic E-state index is 10.7. The zero-order valence-corrected chi connectivity index (χ0v) is 11.1. The van der Waals surface area contributed by atoms with Crippen molar-refractivity contribution in [2.45, 2.75) is 30.9 Å². The number of fused-ring (bicyclic) bond motifs is 1. The third-order valence-electron chi connectivity index (χ3n) is 3.69. The fraction of sp³-hybridized carbons (Fsp3) is 0.615. The predicted molar refractivity (Wildman–Crippen MR) is 66.5 cm³/mol. The molecule has 0 aliphatic carbocycles. The number of ether oxygens (including phenoxy) is 3. The Kier molecular flexibility index (Phi) is 4.02. The lowest BCUT2D eigenvalue weighted by Crippen LogP contribution is -2.91. The predicted octanol–water partition coefficient (Wildman–Crippen LogP) is -1.62. The maximum Gasteiger partial charge on any atom is 0.243 e. The van der Waals surface area contributed by atoms with Crippen molar-refractivity contribution in [2.24, 2.45) is 5.73 Å². The van der Waals surface area contributed by atoms with Gasteiger partial charge in [0.1, 0.15) is 44.1 Å². The molecule has 0 spiro atoms. The average molecular weight is 283 g/mol. The summed E-state index contributed by atoms with van der Waals surface area (Å²) in [5.41, 5.74) is 5.07. The van der Waals surface area contributed by atoms with E-state index in [9.17, 15) is 4.79 Å². The van der Waals surface area contributed by atoms with Crippen LogP contribution in [-0.4, -0.2) is 50.1 Å². The third kappa shape index (κ3) is 2.85. The van der Waals surface area contributed by atoms with Crippen LogP contribution < -0.4 is 11.1 Å². The molecule has 2 fully saturated rings. The molecule has 0 unspecified atom stereocenters.